The molecule has 4 heteroatoms. The minimum Gasteiger partial charge on any atom is -0.309 e. The van der Waals surface area contributed by atoms with Gasteiger partial charge in [-0.2, -0.15) is 0 Å². The van der Waals surface area contributed by atoms with Gasteiger partial charge in [-0.3, -0.25) is 0 Å². The molecule has 0 saturated heterocycles. The summed E-state index contributed by atoms with van der Waals surface area (Å²) < 4.78 is 2.36. The molecule has 0 saturated carbocycles. The summed E-state index contributed by atoms with van der Waals surface area (Å²) in [7, 11) is 0. The highest BCUT2D eigenvalue weighted by atomic mass is 15.0. The molecule has 13 rings (SSSR count). The lowest BCUT2D eigenvalue weighted by Gasteiger charge is -2.15. The molecule has 0 atom stereocenters. The molecule has 0 unspecified atom stereocenters. The van der Waals surface area contributed by atoms with Crippen molar-refractivity contribution in [2.75, 3.05) is 0 Å². The van der Waals surface area contributed by atoms with Crippen molar-refractivity contribution in [2.24, 2.45) is 0 Å². The molecule has 4 nitrogen and oxygen atoms in total. The fourth-order valence-electron chi connectivity index (χ4n) is 9.97. The minimum atomic E-state index is 0.615. The van der Waals surface area contributed by atoms with Gasteiger partial charge in [0.15, 0.2) is 17.5 Å². The predicted octanol–water partition coefficient (Wildman–Crippen LogP) is 16.4. The number of fused-ring (bicyclic) bond motifs is 7. The van der Waals surface area contributed by atoms with E-state index in [1.807, 2.05) is 6.07 Å². The van der Waals surface area contributed by atoms with Gasteiger partial charge >= 0.3 is 0 Å². The van der Waals surface area contributed by atoms with Gasteiger partial charge in [-0.15, -0.1) is 0 Å². The highest BCUT2D eigenvalue weighted by Crippen LogP contribution is 2.41. The van der Waals surface area contributed by atoms with Gasteiger partial charge in [-0.05, 0) is 102 Å². The summed E-state index contributed by atoms with van der Waals surface area (Å²) >= 11 is 0. The van der Waals surface area contributed by atoms with Gasteiger partial charge in [0.05, 0.1) is 11.0 Å². The van der Waals surface area contributed by atoms with Gasteiger partial charge in [0.1, 0.15) is 0 Å². The Balaban J connectivity index is 0.938. The van der Waals surface area contributed by atoms with E-state index in [9.17, 15) is 0 Å². The van der Waals surface area contributed by atoms with Crippen molar-refractivity contribution in [3.05, 3.63) is 243 Å². The second kappa shape index (κ2) is 15.9. The number of para-hydroxylation sites is 2. The van der Waals surface area contributed by atoms with Crippen molar-refractivity contribution in [1.29, 1.82) is 0 Å². The van der Waals surface area contributed by atoms with E-state index in [0.717, 1.165) is 55.7 Å². The number of hydrogen-bond acceptors (Lipinski definition) is 3. The fourth-order valence-corrected chi connectivity index (χ4v) is 9.97. The Morgan fingerprint density at radius 3 is 1.48 bits per heavy atom. The molecule has 312 valence electrons. The second-order valence-electron chi connectivity index (χ2n) is 17.2. The lowest BCUT2D eigenvalue weighted by Crippen LogP contribution is -2.00. The zero-order chi connectivity index (χ0) is 44.3. The first-order valence-corrected chi connectivity index (χ1v) is 22.8. The fraction of sp³-hybridized carbons (Fsp3) is 0. The van der Waals surface area contributed by atoms with Gasteiger partial charge in [0.2, 0.25) is 0 Å². The third-order valence-corrected chi connectivity index (χ3v) is 13.2. The van der Waals surface area contributed by atoms with Crippen LogP contribution >= 0.6 is 0 Å². The molecule has 2 heterocycles. The van der Waals surface area contributed by atoms with E-state index < -0.39 is 0 Å². The summed E-state index contributed by atoms with van der Waals surface area (Å²) in [6.45, 7) is 0. The molecule has 2 aromatic heterocycles. The number of benzene rings is 11. The van der Waals surface area contributed by atoms with Crippen molar-refractivity contribution in [3.63, 3.8) is 0 Å². The summed E-state index contributed by atoms with van der Waals surface area (Å²) in [5, 5.41) is 9.87. The van der Waals surface area contributed by atoms with Gasteiger partial charge in [-0.1, -0.05) is 206 Å². The second-order valence-corrected chi connectivity index (χ2v) is 17.2. The van der Waals surface area contributed by atoms with Crippen LogP contribution in [-0.4, -0.2) is 19.5 Å². The van der Waals surface area contributed by atoms with Gasteiger partial charge in [0.25, 0.3) is 0 Å². The first-order valence-electron chi connectivity index (χ1n) is 22.8. The quantitative estimate of drug-likeness (QED) is 0.118. The molecule has 0 N–H and O–H groups in total. The minimum absolute atomic E-state index is 0.615. The average Bonchev–Trinajstić information content (AvgIpc) is 3.74. The third-order valence-electron chi connectivity index (χ3n) is 13.2. The molecule has 0 spiro atoms. The number of nitrogens with zero attached hydrogens (tertiary/aromatic N) is 4. The van der Waals surface area contributed by atoms with Crippen LogP contribution in [0.25, 0.3) is 127 Å². The summed E-state index contributed by atoms with van der Waals surface area (Å²) in [5.74, 6) is 1.85. The lowest BCUT2D eigenvalue weighted by molar-refractivity contribution is 1.07. The molecule has 0 radical (unpaired) electrons. The normalized spacial score (nSPS) is 11.6. The molecule has 67 heavy (non-hydrogen) atoms. The van der Waals surface area contributed by atoms with Crippen LogP contribution in [0.3, 0.4) is 0 Å². The predicted molar refractivity (Wildman–Crippen MR) is 279 cm³/mol. The van der Waals surface area contributed by atoms with E-state index in [0.29, 0.717) is 17.5 Å². The van der Waals surface area contributed by atoms with Gasteiger partial charge < -0.3 is 4.57 Å². The average molecular weight is 853 g/mol. The van der Waals surface area contributed by atoms with Crippen LogP contribution in [0.1, 0.15) is 0 Å². The maximum atomic E-state index is 5.24. The Labute approximate surface area is 387 Å². The Morgan fingerprint density at radius 2 is 0.731 bits per heavy atom. The Morgan fingerprint density at radius 1 is 0.239 bits per heavy atom. The van der Waals surface area contributed by atoms with Crippen LogP contribution < -0.4 is 0 Å². The van der Waals surface area contributed by atoms with Crippen LogP contribution in [0, 0.1) is 0 Å². The molecule has 13 aromatic rings. The van der Waals surface area contributed by atoms with Crippen LogP contribution in [0.15, 0.2) is 243 Å². The smallest absolute Gasteiger partial charge is 0.164 e. The maximum absolute atomic E-state index is 5.24. The number of hydrogen-bond donors (Lipinski definition) is 0. The summed E-state index contributed by atoms with van der Waals surface area (Å²) in [6, 6.07) is 86.5. The Hall–Kier alpha value is -8.99. The van der Waals surface area contributed by atoms with E-state index in [4.69, 9.17) is 15.0 Å². The van der Waals surface area contributed by atoms with E-state index in [1.165, 1.54) is 54.2 Å². The van der Waals surface area contributed by atoms with E-state index >= 15 is 0 Å². The molecule has 0 fully saturated rings. The molecular weight excluding hydrogens is 813 g/mol. The summed E-state index contributed by atoms with van der Waals surface area (Å²) in [4.78, 5) is 15.6. The zero-order valence-electron chi connectivity index (χ0n) is 36.4. The van der Waals surface area contributed by atoms with Gasteiger partial charge in [0, 0.05) is 33.2 Å². The third kappa shape index (κ3) is 6.74. The van der Waals surface area contributed by atoms with Crippen molar-refractivity contribution < 1.29 is 0 Å². The Kier molecular flexibility index (Phi) is 9.14. The molecule has 0 aliphatic rings. The van der Waals surface area contributed by atoms with Crippen molar-refractivity contribution >= 4 is 54.1 Å². The van der Waals surface area contributed by atoms with Crippen molar-refractivity contribution in [3.8, 4) is 73.2 Å². The molecule has 0 aliphatic heterocycles. The van der Waals surface area contributed by atoms with E-state index in [1.54, 1.807) is 0 Å². The highest BCUT2D eigenvalue weighted by Gasteiger charge is 2.18. The van der Waals surface area contributed by atoms with E-state index in [2.05, 4.69) is 241 Å². The molecule has 11 aromatic carbocycles. The summed E-state index contributed by atoms with van der Waals surface area (Å²) in [6.07, 6.45) is 0. The standard InChI is InChI=1S/C63H40N4/c1-3-14-41(15-4-1)42-26-30-45(31-27-42)61-64-62(46-32-28-44(29-33-46)60-53-23-10-8-17-49(53)39-57-52-22-9-7-16-43(52)34-37-56(57)60)66-63(65-61)50-19-13-18-47(38-50)48-35-36-55-54-24-11-12-25-58(54)67(59(55)40-48)51-20-5-2-6-21-51/h1-40H. The molecule has 0 amide bonds. The monoisotopic (exact) mass is 852 g/mol. The Bertz CT molecular complexity index is 4010. The van der Waals surface area contributed by atoms with Crippen molar-refractivity contribution in [2.45, 2.75) is 0 Å². The van der Waals surface area contributed by atoms with Crippen LogP contribution in [0.2, 0.25) is 0 Å². The van der Waals surface area contributed by atoms with Crippen LogP contribution in [0.4, 0.5) is 0 Å². The largest absolute Gasteiger partial charge is 0.309 e. The SMILES string of the molecule is c1ccc(-c2ccc(-c3nc(-c4ccc(-c5c6ccccc6cc6c5ccc5ccccc56)cc4)nc(-c4cccc(-c5ccc6c7ccccc7n(-c7ccccc7)c6c5)c4)n3)cc2)cc1. The first-order chi connectivity index (χ1) is 33.2. The summed E-state index contributed by atoms with van der Waals surface area (Å²) in [5.41, 5.74) is 13.1. The van der Waals surface area contributed by atoms with Crippen LogP contribution in [-0.2, 0) is 0 Å². The highest BCUT2D eigenvalue weighted by molar-refractivity contribution is 6.20. The molecule has 0 bridgehead atoms. The van der Waals surface area contributed by atoms with Gasteiger partial charge in [-0.25, -0.2) is 15.0 Å². The topological polar surface area (TPSA) is 43.6 Å². The van der Waals surface area contributed by atoms with Crippen LogP contribution in [0.5, 0.6) is 0 Å². The zero-order valence-corrected chi connectivity index (χ0v) is 36.4. The van der Waals surface area contributed by atoms with E-state index in [-0.39, 0.29) is 0 Å². The molecular formula is C63H40N4. The molecule has 0 aliphatic carbocycles. The maximum Gasteiger partial charge on any atom is 0.164 e. The van der Waals surface area contributed by atoms with Crippen molar-refractivity contribution in [1.82, 2.24) is 19.5 Å². The lowest BCUT2D eigenvalue weighted by atomic mass is 9.89. The first kappa shape index (κ1) is 38.5. The number of rotatable bonds is 7. The number of aromatic nitrogens is 4.